The van der Waals surface area contributed by atoms with Crippen LogP contribution in [-0.4, -0.2) is 52.9 Å². The fourth-order valence-corrected chi connectivity index (χ4v) is 3.09. The van der Waals surface area contributed by atoms with Crippen LogP contribution in [0.5, 0.6) is 5.75 Å². The van der Waals surface area contributed by atoms with Crippen molar-refractivity contribution in [2.24, 2.45) is 0 Å². The molecular weight excluding hydrogens is 318 g/mol. The van der Waals surface area contributed by atoms with Gasteiger partial charge < -0.3 is 15.0 Å². The van der Waals surface area contributed by atoms with Crippen LogP contribution in [-0.2, 0) is 4.79 Å². The third kappa shape index (κ3) is 3.16. The predicted molar refractivity (Wildman–Crippen MR) is 86.8 cm³/mol. The molecule has 1 aliphatic heterocycles. The van der Waals surface area contributed by atoms with E-state index in [1.54, 1.807) is 13.2 Å². The average Bonchev–Trinajstić information content (AvgIpc) is 3.11. The van der Waals surface area contributed by atoms with E-state index in [9.17, 15) is 14.4 Å². The zero-order valence-electron chi connectivity index (χ0n) is 12.4. The van der Waals surface area contributed by atoms with Crippen molar-refractivity contribution in [3.63, 3.8) is 0 Å². The van der Waals surface area contributed by atoms with Crippen molar-refractivity contribution in [3.8, 4) is 5.75 Å². The van der Waals surface area contributed by atoms with Gasteiger partial charge in [0.1, 0.15) is 11.4 Å². The van der Waals surface area contributed by atoms with Gasteiger partial charge >= 0.3 is 0 Å². The Morgan fingerprint density at radius 1 is 1.39 bits per heavy atom. The minimum absolute atomic E-state index is 0.177. The highest BCUT2D eigenvalue weighted by Gasteiger charge is 2.29. The molecule has 23 heavy (non-hydrogen) atoms. The molecule has 1 aliphatic rings. The molecule has 1 fully saturated rings. The lowest BCUT2D eigenvalue weighted by atomic mass is 10.2. The van der Waals surface area contributed by atoms with E-state index < -0.39 is 0 Å². The van der Waals surface area contributed by atoms with Crippen molar-refractivity contribution in [2.45, 2.75) is 0 Å². The molecule has 120 valence electrons. The van der Waals surface area contributed by atoms with Gasteiger partial charge in [0.05, 0.1) is 12.9 Å². The number of nitrogens with zero attached hydrogens (tertiary/aromatic N) is 1. The Morgan fingerprint density at radius 2 is 2.22 bits per heavy atom. The number of carbonyl (C=O) groups is 3. The number of fused-ring (bicyclic) bond motifs is 1. The number of amides is 3. The molecule has 0 spiro atoms. The van der Waals surface area contributed by atoms with Crippen LogP contribution in [0.4, 0.5) is 4.79 Å². The summed E-state index contributed by atoms with van der Waals surface area (Å²) < 4.78 is 5.15. The summed E-state index contributed by atoms with van der Waals surface area (Å²) in [5, 5.41) is 3.31. The summed E-state index contributed by atoms with van der Waals surface area (Å²) in [6.45, 7) is 0.403. The summed E-state index contributed by atoms with van der Waals surface area (Å²) in [5.74, 6) is 0.391. The number of carbonyl (C=O) groups excluding carboxylic acids is 3. The lowest BCUT2D eigenvalue weighted by Gasteiger charge is -2.12. The Kier molecular flexibility index (Phi) is 4.24. The fourth-order valence-electron chi connectivity index (χ4n) is 2.33. The van der Waals surface area contributed by atoms with Gasteiger partial charge in [-0.25, -0.2) is 0 Å². The highest BCUT2D eigenvalue weighted by molar-refractivity contribution is 8.14. The second kappa shape index (κ2) is 6.33. The number of nitrogens with one attached hydrogen (secondary N) is 2. The van der Waals surface area contributed by atoms with Gasteiger partial charge in [-0.15, -0.1) is 0 Å². The molecule has 7 nitrogen and oxygen atoms in total. The molecule has 1 aromatic heterocycles. The first-order valence-corrected chi connectivity index (χ1v) is 7.99. The molecule has 0 radical (unpaired) electrons. The standard InChI is InChI=1S/C15H15N3O4S/c1-22-10-2-3-11-9(6-10)7-12(17-11)14(20)16-4-5-18-13(19)8-23-15(18)21/h2-3,6-7,17H,4-5,8H2,1H3,(H,16,20). The van der Waals surface area contributed by atoms with Crippen molar-refractivity contribution in [1.82, 2.24) is 15.2 Å². The third-order valence-corrected chi connectivity index (χ3v) is 4.39. The number of hydrogen-bond donors (Lipinski definition) is 2. The molecule has 8 heteroatoms. The molecule has 2 aromatic rings. The summed E-state index contributed by atoms with van der Waals surface area (Å²) >= 11 is 0.982. The Labute approximate surface area is 136 Å². The van der Waals surface area contributed by atoms with Crippen molar-refractivity contribution < 1.29 is 19.1 Å². The molecule has 1 saturated heterocycles. The number of methoxy groups -OCH3 is 1. The maximum Gasteiger partial charge on any atom is 0.288 e. The maximum atomic E-state index is 12.1. The minimum atomic E-state index is -0.285. The number of hydrogen-bond acceptors (Lipinski definition) is 5. The third-order valence-electron chi connectivity index (χ3n) is 3.53. The van der Waals surface area contributed by atoms with E-state index in [0.29, 0.717) is 11.4 Å². The smallest absolute Gasteiger partial charge is 0.288 e. The predicted octanol–water partition coefficient (Wildman–Crippen LogP) is 1.60. The molecular formula is C15H15N3O4S. The lowest BCUT2D eigenvalue weighted by Crippen LogP contribution is -2.37. The summed E-state index contributed by atoms with van der Waals surface area (Å²) in [6, 6.07) is 7.21. The molecule has 0 bridgehead atoms. The zero-order valence-corrected chi connectivity index (χ0v) is 13.2. The van der Waals surface area contributed by atoms with E-state index in [0.717, 1.165) is 27.6 Å². The Balaban J connectivity index is 1.62. The van der Waals surface area contributed by atoms with Crippen molar-refractivity contribution in [1.29, 1.82) is 0 Å². The van der Waals surface area contributed by atoms with Gasteiger partial charge in [-0.05, 0) is 24.3 Å². The zero-order chi connectivity index (χ0) is 16.4. The molecule has 1 aromatic carbocycles. The first-order valence-electron chi connectivity index (χ1n) is 7.00. The molecule has 2 heterocycles. The van der Waals surface area contributed by atoms with Crippen LogP contribution in [0.2, 0.25) is 0 Å². The normalized spacial score (nSPS) is 14.6. The van der Waals surface area contributed by atoms with E-state index in [1.807, 2.05) is 18.2 Å². The van der Waals surface area contributed by atoms with Crippen LogP contribution < -0.4 is 10.1 Å². The van der Waals surface area contributed by atoms with E-state index in [1.165, 1.54) is 0 Å². The molecule has 0 unspecified atom stereocenters. The number of aromatic nitrogens is 1. The molecule has 0 atom stereocenters. The Bertz CT molecular complexity index is 770. The number of ether oxygens (including phenoxy) is 1. The summed E-state index contributed by atoms with van der Waals surface area (Å²) in [4.78, 5) is 39.2. The quantitative estimate of drug-likeness (QED) is 0.867. The topological polar surface area (TPSA) is 91.5 Å². The number of benzene rings is 1. The number of rotatable bonds is 5. The van der Waals surface area contributed by atoms with Gasteiger partial charge in [-0.2, -0.15) is 0 Å². The van der Waals surface area contributed by atoms with Crippen molar-refractivity contribution >= 4 is 39.7 Å². The highest BCUT2D eigenvalue weighted by Crippen LogP contribution is 2.21. The second-order valence-electron chi connectivity index (χ2n) is 4.99. The van der Waals surface area contributed by atoms with Crippen molar-refractivity contribution in [2.75, 3.05) is 26.0 Å². The molecule has 3 rings (SSSR count). The summed E-state index contributed by atoms with van der Waals surface area (Å²) in [6.07, 6.45) is 0. The first kappa shape index (κ1) is 15.4. The van der Waals surface area contributed by atoms with E-state index in [2.05, 4.69) is 10.3 Å². The Hall–Kier alpha value is -2.48. The van der Waals surface area contributed by atoms with Gasteiger partial charge in [0, 0.05) is 24.0 Å². The van der Waals surface area contributed by atoms with E-state index in [-0.39, 0.29) is 35.9 Å². The van der Waals surface area contributed by atoms with Crippen LogP contribution >= 0.6 is 11.8 Å². The number of H-pyrrole nitrogens is 1. The van der Waals surface area contributed by atoms with E-state index >= 15 is 0 Å². The fraction of sp³-hybridized carbons (Fsp3) is 0.267. The lowest BCUT2D eigenvalue weighted by molar-refractivity contribution is -0.124. The van der Waals surface area contributed by atoms with Crippen LogP contribution in [0.25, 0.3) is 10.9 Å². The number of imide groups is 1. The first-order chi connectivity index (χ1) is 11.1. The molecule has 0 saturated carbocycles. The van der Waals surface area contributed by atoms with Crippen LogP contribution in [0.15, 0.2) is 24.3 Å². The van der Waals surface area contributed by atoms with Crippen LogP contribution in [0.3, 0.4) is 0 Å². The van der Waals surface area contributed by atoms with Gasteiger partial charge in [0.15, 0.2) is 0 Å². The molecule has 0 aliphatic carbocycles. The SMILES string of the molecule is COc1ccc2[nH]c(C(=O)NCCN3C(=O)CSC3=O)cc2c1. The second-order valence-corrected chi connectivity index (χ2v) is 5.92. The van der Waals surface area contributed by atoms with Gasteiger partial charge in [-0.1, -0.05) is 11.8 Å². The number of thioether (sulfide) groups is 1. The average molecular weight is 333 g/mol. The molecule has 2 N–H and O–H groups in total. The molecule has 3 amide bonds. The highest BCUT2D eigenvalue weighted by atomic mass is 32.2. The number of aromatic amines is 1. The van der Waals surface area contributed by atoms with Crippen molar-refractivity contribution in [3.05, 3.63) is 30.0 Å². The van der Waals surface area contributed by atoms with Gasteiger partial charge in [-0.3, -0.25) is 19.3 Å². The summed E-state index contributed by atoms with van der Waals surface area (Å²) in [5.41, 5.74) is 1.25. The van der Waals surface area contributed by atoms with Crippen LogP contribution in [0.1, 0.15) is 10.5 Å². The minimum Gasteiger partial charge on any atom is -0.497 e. The maximum absolute atomic E-state index is 12.1. The van der Waals surface area contributed by atoms with E-state index in [4.69, 9.17) is 4.74 Å². The van der Waals surface area contributed by atoms with Crippen LogP contribution in [0, 0.1) is 0 Å². The summed E-state index contributed by atoms with van der Waals surface area (Å²) in [7, 11) is 1.58. The Morgan fingerprint density at radius 3 is 2.91 bits per heavy atom. The van der Waals surface area contributed by atoms with Gasteiger partial charge in [0.25, 0.3) is 11.1 Å². The van der Waals surface area contributed by atoms with Gasteiger partial charge in [0.2, 0.25) is 5.91 Å². The largest absolute Gasteiger partial charge is 0.497 e. The monoisotopic (exact) mass is 333 g/mol.